The van der Waals surface area contributed by atoms with Crippen molar-refractivity contribution in [3.63, 3.8) is 0 Å². The van der Waals surface area contributed by atoms with Gasteiger partial charge in [-0.05, 0) is 49.4 Å². The van der Waals surface area contributed by atoms with E-state index in [0.29, 0.717) is 6.61 Å². The number of ether oxygens (including phenoxy) is 2. The van der Waals surface area contributed by atoms with Crippen LogP contribution < -0.4 is 4.74 Å². The van der Waals surface area contributed by atoms with Crippen LogP contribution in [0.3, 0.4) is 0 Å². The molecule has 4 heteroatoms. The van der Waals surface area contributed by atoms with E-state index >= 15 is 0 Å². The van der Waals surface area contributed by atoms with Gasteiger partial charge >= 0.3 is 0 Å². The lowest BCUT2D eigenvalue weighted by molar-refractivity contribution is 0.0304. The number of aromatic nitrogens is 2. The van der Waals surface area contributed by atoms with Crippen molar-refractivity contribution in [2.75, 3.05) is 13.2 Å². The molecular formula is C28H36N2O2. The van der Waals surface area contributed by atoms with Crippen LogP contribution >= 0.6 is 0 Å². The molecule has 2 aromatic carbocycles. The fourth-order valence-corrected chi connectivity index (χ4v) is 3.47. The third kappa shape index (κ3) is 7.45. The number of hydrogen-bond donors (Lipinski definition) is 0. The van der Waals surface area contributed by atoms with Crippen molar-refractivity contribution in [3.8, 4) is 28.3 Å². The summed E-state index contributed by atoms with van der Waals surface area (Å²) in [5.74, 6) is 1.60. The van der Waals surface area contributed by atoms with Gasteiger partial charge < -0.3 is 9.47 Å². The lowest BCUT2D eigenvalue weighted by Crippen LogP contribution is -2.18. The zero-order valence-corrected chi connectivity index (χ0v) is 19.7. The fourth-order valence-electron chi connectivity index (χ4n) is 3.47. The topological polar surface area (TPSA) is 44.2 Å². The molecule has 0 radical (unpaired) electrons. The van der Waals surface area contributed by atoms with Crippen LogP contribution in [-0.2, 0) is 11.2 Å². The Labute approximate surface area is 193 Å². The van der Waals surface area contributed by atoms with E-state index in [1.54, 1.807) is 0 Å². The van der Waals surface area contributed by atoms with E-state index in [9.17, 15) is 0 Å². The highest BCUT2D eigenvalue weighted by atomic mass is 16.5. The van der Waals surface area contributed by atoms with Crippen molar-refractivity contribution in [3.05, 3.63) is 66.5 Å². The summed E-state index contributed by atoms with van der Waals surface area (Å²) in [5, 5.41) is 0. The first-order chi connectivity index (χ1) is 15.7. The molecule has 0 N–H and O–H groups in total. The van der Waals surface area contributed by atoms with Gasteiger partial charge in [0.1, 0.15) is 12.4 Å². The highest BCUT2D eigenvalue weighted by Crippen LogP contribution is 2.23. The number of aryl methyl sites for hydroxylation is 1. The summed E-state index contributed by atoms with van der Waals surface area (Å²) in [5.41, 5.74) is 4.48. The van der Waals surface area contributed by atoms with Gasteiger partial charge in [0.05, 0.1) is 6.10 Å². The highest BCUT2D eigenvalue weighted by molar-refractivity contribution is 5.64. The van der Waals surface area contributed by atoms with Gasteiger partial charge in [0.25, 0.3) is 0 Å². The average Bonchev–Trinajstić information content (AvgIpc) is 2.85. The predicted octanol–water partition coefficient (Wildman–Crippen LogP) is 7.13. The number of benzene rings is 2. The highest BCUT2D eigenvalue weighted by Gasteiger charge is 2.06. The fraction of sp³-hybridized carbons (Fsp3) is 0.429. The van der Waals surface area contributed by atoms with Crippen LogP contribution in [0.2, 0.25) is 0 Å². The van der Waals surface area contributed by atoms with Crippen LogP contribution in [0.1, 0.15) is 58.4 Å². The maximum absolute atomic E-state index is 5.87. The van der Waals surface area contributed by atoms with Gasteiger partial charge in [0.2, 0.25) is 0 Å². The van der Waals surface area contributed by atoms with Crippen LogP contribution in [0.25, 0.3) is 22.5 Å². The lowest BCUT2D eigenvalue weighted by Gasteiger charge is -2.14. The molecule has 170 valence electrons. The second-order valence-corrected chi connectivity index (χ2v) is 8.32. The molecule has 3 aromatic rings. The minimum Gasteiger partial charge on any atom is -0.491 e. The third-order valence-electron chi connectivity index (χ3n) is 5.51. The molecular weight excluding hydrogens is 396 g/mol. The number of unbranched alkanes of at least 4 members (excludes halogenated alkanes) is 3. The van der Waals surface area contributed by atoms with Gasteiger partial charge in [0, 0.05) is 30.1 Å². The van der Waals surface area contributed by atoms with Crippen molar-refractivity contribution in [2.24, 2.45) is 0 Å². The second-order valence-electron chi connectivity index (χ2n) is 8.32. The Morgan fingerprint density at radius 1 is 0.750 bits per heavy atom. The summed E-state index contributed by atoms with van der Waals surface area (Å²) in [4.78, 5) is 9.16. The van der Waals surface area contributed by atoms with E-state index < -0.39 is 0 Å². The summed E-state index contributed by atoms with van der Waals surface area (Å²) in [6.45, 7) is 7.83. The second kappa shape index (κ2) is 13.0. The molecule has 0 aliphatic heterocycles. The zero-order valence-electron chi connectivity index (χ0n) is 19.7. The molecule has 0 aliphatic rings. The maximum Gasteiger partial charge on any atom is 0.159 e. The summed E-state index contributed by atoms with van der Waals surface area (Å²) in [6.07, 6.45) is 11.0. The molecule has 0 bridgehead atoms. The first-order valence-corrected chi connectivity index (χ1v) is 12.0. The summed E-state index contributed by atoms with van der Waals surface area (Å²) >= 11 is 0. The molecule has 32 heavy (non-hydrogen) atoms. The van der Waals surface area contributed by atoms with Crippen molar-refractivity contribution < 1.29 is 9.47 Å². The van der Waals surface area contributed by atoms with Gasteiger partial charge in [-0.3, -0.25) is 0 Å². The van der Waals surface area contributed by atoms with Crippen molar-refractivity contribution in [1.29, 1.82) is 0 Å². The van der Waals surface area contributed by atoms with E-state index in [4.69, 9.17) is 9.47 Å². The third-order valence-corrected chi connectivity index (χ3v) is 5.51. The molecule has 4 nitrogen and oxygen atoms in total. The SMILES string of the molecule is CCCCCOC(C)COc1ccc(-c2cnc(-c3ccc(CCCC)cc3)nc2)cc1. The lowest BCUT2D eigenvalue weighted by atomic mass is 10.1. The Kier molecular flexibility index (Phi) is 9.70. The Morgan fingerprint density at radius 3 is 2.06 bits per heavy atom. The Bertz CT molecular complexity index is 906. The van der Waals surface area contributed by atoms with Crippen molar-refractivity contribution >= 4 is 0 Å². The van der Waals surface area contributed by atoms with Gasteiger partial charge in [-0.25, -0.2) is 9.97 Å². The van der Waals surface area contributed by atoms with E-state index in [0.717, 1.165) is 47.7 Å². The van der Waals surface area contributed by atoms with E-state index in [2.05, 4.69) is 55.0 Å². The van der Waals surface area contributed by atoms with E-state index in [1.165, 1.54) is 31.2 Å². The predicted molar refractivity (Wildman–Crippen MR) is 132 cm³/mol. The Balaban J connectivity index is 1.52. The minimum absolute atomic E-state index is 0.0909. The quantitative estimate of drug-likeness (QED) is 0.270. The molecule has 0 aliphatic carbocycles. The largest absolute Gasteiger partial charge is 0.491 e. The Morgan fingerprint density at radius 2 is 1.41 bits per heavy atom. The maximum atomic E-state index is 5.87. The first-order valence-electron chi connectivity index (χ1n) is 12.0. The zero-order chi connectivity index (χ0) is 22.6. The van der Waals surface area contributed by atoms with Crippen molar-refractivity contribution in [1.82, 2.24) is 9.97 Å². The molecule has 1 aromatic heterocycles. The molecule has 1 heterocycles. The number of hydrogen-bond acceptors (Lipinski definition) is 4. The van der Waals surface area contributed by atoms with Gasteiger partial charge in [0.15, 0.2) is 5.82 Å². The van der Waals surface area contributed by atoms with Gasteiger partial charge in [-0.1, -0.05) is 69.5 Å². The molecule has 0 amide bonds. The monoisotopic (exact) mass is 432 g/mol. The van der Waals surface area contributed by atoms with Crippen LogP contribution in [0, 0.1) is 0 Å². The first kappa shape index (κ1) is 23.9. The molecule has 0 fully saturated rings. The summed E-state index contributed by atoms with van der Waals surface area (Å²) in [6, 6.07) is 16.6. The number of nitrogens with zero attached hydrogens (tertiary/aromatic N) is 2. The van der Waals surface area contributed by atoms with Crippen LogP contribution in [0.4, 0.5) is 0 Å². The average molecular weight is 433 g/mol. The molecule has 1 unspecified atom stereocenters. The smallest absolute Gasteiger partial charge is 0.159 e. The molecule has 0 saturated heterocycles. The van der Waals surface area contributed by atoms with Crippen LogP contribution in [0.15, 0.2) is 60.9 Å². The molecule has 3 rings (SSSR count). The Hall–Kier alpha value is -2.72. The van der Waals surface area contributed by atoms with Gasteiger partial charge in [-0.15, -0.1) is 0 Å². The summed E-state index contributed by atoms with van der Waals surface area (Å²) < 4.78 is 11.7. The molecule has 0 spiro atoms. The molecule has 1 atom stereocenters. The molecule has 0 saturated carbocycles. The van der Waals surface area contributed by atoms with Crippen LogP contribution in [-0.4, -0.2) is 29.3 Å². The van der Waals surface area contributed by atoms with Crippen LogP contribution in [0.5, 0.6) is 5.75 Å². The minimum atomic E-state index is 0.0909. The van der Waals surface area contributed by atoms with E-state index in [1.807, 2.05) is 36.7 Å². The van der Waals surface area contributed by atoms with Gasteiger partial charge in [-0.2, -0.15) is 0 Å². The number of rotatable bonds is 13. The van der Waals surface area contributed by atoms with E-state index in [-0.39, 0.29) is 6.10 Å². The normalized spacial score (nSPS) is 12.0. The van der Waals surface area contributed by atoms with Crippen molar-refractivity contribution in [2.45, 2.75) is 65.4 Å². The standard InChI is InChI=1S/C28H36N2O2/c1-4-6-8-18-31-22(3)21-32-27-16-14-24(15-17-27)26-19-29-28(30-20-26)25-12-10-23(11-13-25)9-7-5-2/h10-17,19-20,22H,4-9,18,21H2,1-3H3. The summed E-state index contributed by atoms with van der Waals surface area (Å²) in [7, 11) is 0.